The van der Waals surface area contributed by atoms with Crippen LogP contribution in [0.3, 0.4) is 0 Å². The number of thioether (sulfide) groups is 1. The van der Waals surface area contributed by atoms with Crippen LogP contribution in [0, 0.1) is 0 Å². The topological polar surface area (TPSA) is 106 Å². The fourth-order valence-electron chi connectivity index (χ4n) is 1.72. The maximum absolute atomic E-state index is 11.5. The number of nitrogen functional groups attached to an aromatic ring is 1. The average Bonchev–Trinajstić information content (AvgIpc) is 2.85. The van der Waals surface area contributed by atoms with Gasteiger partial charge in [0.05, 0.1) is 0 Å². The highest BCUT2D eigenvalue weighted by Gasteiger charge is 2.10. The van der Waals surface area contributed by atoms with Crippen molar-refractivity contribution >= 4 is 33.6 Å². The first-order valence-corrected chi connectivity index (χ1v) is 7.92. The number of hydrogen-bond donors (Lipinski definition) is 3. The maximum Gasteiger partial charge on any atom is 0.343 e. The van der Waals surface area contributed by atoms with Gasteiger partial charge in [-0.1, -0.05) is 33.8 Å². The quantitative estimate of drug-likeness (QED) is 0.317. The molecule has 1 heterocycles. The number of aromatic nitrogens is 3. The maximum atomic E-state index is 11.5. The molecule has 0 spiro atoms. The second kappa shape index (κ2) is 6.92. The van der Waals surface area contributed by atoms with Gasteiger partial charge in [-0.15, -0.1) is 5.10 Å². The second-order valence-corrected chi connectivity index (χ2v) is 5.92. The van der Waals surface area contributed by atoms with E-state index < -0.39 is 0 Å². The van der Waals surface area contributed by atoms with E-state index in [4.69, 9.17) is 5.84 Å². The molecule has 0 unspecified atom stereocenters. The Hall–Kier alpha value is -1.58. The van der Waals surface area contributed by atoms with E-state index in [-0.39, 0.29) is 11.6 Å². The molecule has 0 atom stereocenters. The van der Waals surface area contributed by atoms with E-state index in [2.05, 4.69) is 31.6 Å². The Kier molecular flexibility index (Phi) is 5.21. The first-order valence-electron chi connectivity index (χ1n) is 6.14. The normalized spacial score (nSPS) is 10.6. The summed E-state index contributed by atoms with van der Waals surface area (Å²) >= 11 is 4.87. The van der Waals surface area contributed by atoms with E-state index in [1.54, 1.807) is 16.7 Å². The zero-order valence-electron chi connectivity index (χ0n) is 11.2. The largest absolute Gasteiger partial charge is 0.343 e. The van der Waals surface area contributed by atoms with Gasteiger partial charge in [0.25, 0.3) is 5.91 Å². The van der Waals surface area contributed by atoms with Crippen molar-refractivity contribution in [1.82, 2.24) is 20.2 Å². The number of amides is 1. The van der Waals surface area contributed by atoms with Gasteiger partial charge in [0.15, 0.2) is 5.16 Å². The van der Waals surface area contributed by atoms with Gasteiger partial charge in [0, 0.05) is 22.3 Å². The standard InChI is InChI=1S/C12H14BrN5O2S/c1-2-18-11(20)16-17-12(18)21-6-8-4-3-7(5-9(8)13)10(19)15-14/h3-5H,2,6,14H2,1H3,(H,15,19)(H,16,20). The molecule has 0 radical (unpaired) electrons. The number of carbonyl (C=O) groups excluding carboxylic acids is 1. The zero-order valence-corrected chi connectivity index (χ0v) is 13.6. The molecule has 1 aromatic carbocycles. The van der Waals surface area contributed by atoms with Crippen LogP contribution in [0.15, 0.2) is 32.6 Å². The molecular formula is C12H14BrN5O2S. The third-order valence-electron chi connectivity index (χ3n) is 2.84. The number of aromatic amines is 1. The molecule has 0 aliphatic heterocycles. The number of rotatable bonds is 5. The van der Waals surface area contributed by atoms with E-state index in [1.165, 1.54) is 11.8 Å². The molecule has 7 nitrogen and oxygen atoms in total. The van der Waals surface area contributed by atoms with Gasteiger partial charge in [-0.2, -0.15) is 0 Å². The molecule has 0 aliphatic rings. The molecule has 0 saturated heterocycles. The summed E-state index contributed by atoms with van der Waals surface area (Å²) < 4.78 is 2.37. The van der Waals surface area contributed by atoms with Crippen LogP contribution < -0.4 is 17.0 Å². The van der Waals surface area contributed by atoms with Crippen LogP contribution in [0.4, 0.5) is 0 Å². The van der Waals surface area contributed by atoms with Gasteiger partial charge in [-0.3, -0.25) is 14.8 Å². The summed E-state index contributed by atoms with van der Waals surface area (Å²) in [7, 11) is 0. The van der Waals surface area contributed by atoms with Gasteiger partial charge in [-0.25, -0.2) is 15.7 Å². The van der Waals surface area contributed by atoms with E-state index >= 15 is 0 Å². The predicted octanol–water partition coefficient (Wildman–Crippen LogP) is 1.25. The summed E-state index contributed by atoms with van der Waals surface area (Å²) in [6, 6.07) is 5.23. The monoisotopic (exact) mass is 371 g/mol. The molecule has 9 heteroatoms. The minimum absolute atomic E-state index is 0.214. The SMILES string of the molecule is CCn1c(SCc2ccc(C(=O)NN)cc2Br)n[nH]c1=O. The van der Waals surface area contributed by atoms with Crippen molar-refractivity contribution in [3.05, 3.63) is 44.3 Å². The number of halogens is 1. The Morgan fingerprint density at radius 1 is 1.57 bits per heavy atom. The highest BCUT2D eigenvalue weighted by atomic mass is 79.9. The van der Waals surface area contributed by atoms with Crippen LogP contribution >= 0.6 is 27.7 Å². The van der Waals surface area contributed by atoms with Crippen molar-refractivity contribution in [2.75, 3.05) is 0 Å². The van der Waals surface area contributed by atoms with Crippen molar-refractivity contribution in [1.29, 1.82) is 0 Å². The number of nitrogens with zero attached hydrogens (tertiary/aromatic N) is 2. The molecule has 4 N–H and O–H groups in total. The first-order chi connectivity index (χ1) is 10.1. The summed E-state index contributed by atoms with van der Waals surface area (Å²) in [5.74, 6) is 5.37. The molecule has 21 heavy (non-hydrogen) atoms. The Bertz CT molecular complexity index is 712. The van der Waals surface area contributed by atoms with Crippen LogP contribution in [-0.4, -0.2) is 20.7 Å². The van der Waals surface area contributed by atoms with Crippen LogP contribution in [0.25, 0.3) is 0 Å². The number of hydrazine groups is 1. The second-order valence-electron chi connectivity index (χ2n) is 4.12. The van der Waals surface area contributed by atoms with Crippen LogP contribution in [0.2, 0.25) is 0 Å². The molecule has 0 fully saturated rings. The van der Waals surface area contributed by atoms with Gasteiger partial charge >= 0.3 is 5.69 Å². The lowest BCUT2D eigenvalue weighted by Gasteiger charge is -2.07. The van der Waals surface area contributed by atoms with E-state index in [9.17, 15) is 9.59 Å². The number of benzene rings is 1. The molecule has 0 bridgehead atoms. The fraction of sp³-hybridized carbons (Fsp3) is 0.250. The summed E-state index contributed by atoms with van der Waals surface area (Å²) in [4.78, 5) is 22.9. The van der Waals surface area contributed by atoms with Crippen LogP contribution in [0.5, 0.6) is 0 Å². The summed E-state index contributed by atoms with van der Waals surface area (Å²) in [5.41, 5.74) is 3.34. The number of nitrogens with two attached hydrogens (primary N) is 1. The molecule has 0 aliphatic carbocycles. The Morgan fingerprint density at radius 3 is 2.95 bits per heavy atom. The van der Waals surface area contributed by atoms with Crippen LogP contribution in [0.1, 0.15) is 22.8 Å². The number of nitrogens with one attached hydrogen (secondary N) is 2. The van der Waals surface area contributed by atoms with Crippen molar-refractivity contribution in [2.24, 2.45) is 5.84 Å². The Balaban J connectivity index is 2.13. The summed E-state index contributed by atoms with van der Waals surface area (Å²) in [5, 5.41) is 7.05. The number of carbonyl (C=O) groups is 1. The number of hydrogen-bond acceptors (Lipinski definition) is 5. The summed E-state index contributed by atoms with van der Waals surface area (Å²) in [6.45, 7) is 2.45. The van der Waals surface area contributed by atoms with Crippen molar-refractivity contribution in [2.45, 2.75) is 24.4 Å². The smallest absolute Gasteiger partial charge is 0.290 e. The summed E-state index contributed by atoms with van der Waals surface area (Å²) in [6.07, 6.45) is 0. The van der Waals surface area contributed by atoms with E-state index in [1.807, 2.05) is 13.0 Å². The Morgan fingerprint density at radius 2 is 2.33 bits per heavy atom. The van der Waals surface area contributed by atoms with E-state index in [0.29, 0.717) is 23.0 Å². The molecule has 112 valence electrons. The molecule has 0 saturated carbocycles. The average molecular weight is 372 g/mol. The highest BCUT2D eigenvalue weighted by molar-refractivity contribution is 9.10. The predicted molar refractivity (Wildman–Crippen MR) is 83.9 cm³/mol. The van der Waals surface area contributed by atoms with Crippen molar-refractivity contribution < 1.29 is 4.79 Å². The zero-order chi connectivity index (χ0) is 15.4. The third-order valence-corrected chi connectivity index (χ3v) is 4.61. The first kappa shape index (κ1) is 15.8. The fourth-order valence-corrected chi connectivity index (χ4v) is 3.44. The van der Waals surface area contributed by atoms with Gasteiger partial charge in [-0.05, 0) is 24.6 Å². The Labute approximate surface area is 133 Å². The number of H-pyrrole nitrogens is 1. The third kappa shape index (κ3) is 3.55. The lowest BCUT2D eigenvalue weighted by atomic mass is 10.1. The lowest BCUT2D eigenvalue weighted by Crippen LogP contribution is -2.29. The van der Waals surface area contributed by atoms with Crippen LogP contribution in [-0.2, 0) is 12.3 Å². The molecule has 2 aromatic rings. The molecule has 1 amide bonds. The van der Waals surface area contributed by atoms with Gasteiger partial charge in [0.2, 0.25) is 0 Å². The minimum Gasteiger partial charge on any atom is -0.290 e. The molecular weight excluding hydrogens is 358 g/mol. The van der Waals surface area contributed by atoms with Crippen molar-refractivity contribution in [3.8, 4) is 0 Å². The lowest BCUT2D eigenvalue weighted by molar-refractivity contribution is 0.0953. The molecule has 1 aromatic heterocycles. The minimum atomic E-state index is -0.345. The van der Waals surface area contributed by atoms with Crippen molar-refractivity contribution in [3.63, 3.8) is 0 Å². The van der Waals surface area contributed by atoms with E-state index in [0.717, 1.165) is 10.0 Å². The highest BCUT2D eigenvalue weighted by Crippen LogP contribution is 2.26. The molecule has 2 rings (SSSR count). The van der Waals surface area contributed by atoms with Gasteiger partial charge < -0.3 is 0 Å². The van der Waals surface area contributed by atoms with Gasteiger partial charge in [0.1, 0.15) is 0 Å².